The summed E-state index contributed by atoms with van der Waals surface area (Å²) in [5.41, 5.74) is 8.51. The molecular weight excluding hydrogens is 290 g/mol. The molecule has 5 N–H and O–H groups in total. The molecule has 0 bridgehead atoms. The Bertz CT molecular complexity index is 612. The molecule has 2 aromatic carbocycles. The van der Waals surface area contributed by atoms with Crippen LogP contribution in [0.5, 0.6) is 0 Å². The molecule has 0 aliphatic rings. The maximum Gasteiger partial charge on any atom is 0.237 e. The number of aliphatic hydroxyl groups is 1. The van der Waals surface area contributed by atoms with Gasteiger partial charge in [-0.05, 0) is 30.2 Å². The third kappa shape index (κ3) is 5.39. The van der Waals surface area contributed by atoms with Crippen molar-refractivity contribution in [3.05, 3.63) is 65.7 Å². The van der Waals surface area contributed by atoms with Gasteiger partial charge in [-0.15, -0.1) is 0 Å². The van der Waals surface area contributed by atoms with E-state index in [2.05, 4.69) is 22.8 Å². The van der Waals surface area contributed by atoms with E-state index in [1.807, 2.05) is 42.5 Å². The van der Waals surface area contributed by atoms with Crippen LogP contribution in [-0.4, -0.2) is 23.2 Å². The van der Waals surface area contributed by atoms with Crippen LogP contribution in [-0.2, 0) is 17.9 Å². The van der Waals surface area contributed by atoms with Crippen LogP contribution in [0, 0.1) is 0 Å². The number of carbonyl (C=O) groups is 1. The van der Waals surface area contributed by atoms with Crippen molar-refractivity contribution in [2.24, 2.45) is 5.73 Å². The van der Waals surface area contributed by atoms with Crippen molar-refractivity contribution >= 4 is 11.6 Å². The van der Waals surface area contributed by atoms with Gasteiger partial charge in [0, 0.05) is 18.8 Å². The number of amides is 1. The quantitative estimate of drug-likeness (QED) is 0.596. The molecule has 5 heteroatoms. The van der Waals surface area contributed by atoms with Crippen LogP contribution < -0.4 is 16.4 Å². The highest BCUT2D eigenvalue weighted by atomic mass is 16.3. The first-order valence-electron chi connectivity index (χ1n) is 7.64. The van der Waals surface area contributed by atoms with Crippen molar-refractivity contribution in [3.8, 4) is 0 Å². The Labute approximate surface area is 136 Å². The lowest BCUT2D eigenvalue weighted by Gasteiger charge is -2.18. The van der Waals surface area contributed by atoms with Gasteiger partial charge in [0.05, 0.1) is 6.10 Å². The summed E-state index contributed by atoms with van der Waals surface area (Å²) < 4.78 is 0. The minimum atomic E-state index is -0.820. The molecule has 0 aliphatic carbocycles. The lowest BCUT2D eigenvalue weighted by molar-refractivity contribution is -0.122. The molecule has 0 spiro atoms. The van der Waals surface area contributed by atoms with E-state index in [-0.39, 0.29) is 0 Å². The van der Waals surface area contributed by atoms with Crippen LogP contribution in [0.1, 0.15) is 18.1 Å². The molecule has 2 atom stereocenters. The molecule has 0 aromatic heterocycles. The van der Waals surface area contributed by atoms with Crippen LogP contribution in [0.25, 0.3) is 0 Å². The Morgan fingerprint density at radius 2 is 1.65 bits per heavy atom. The van der Waals surface area contributed by atoms with Gasteiger partial charge in [-0.2, -0.15) is 0 Å². The number of hydrogen-bond acceptors (Lipinski definition) is 4. The summed E-state index contributed by atoms with van der Waals surface area (Å²) in [7, 11) is 0. The lowest BCUT2D eigenvalue weighted by Crippen LogP contribution is -2.47. The number of rotatable bonds is 8. The number of nitrogens with two attached hydrogens (primary N) is 1. The minimum absolute atomic E-state index is 0.470. The average Bonchev–Trinajstić information content (AvgIpc) is 2.54. The van der Waals surface area contributed by atoms with Gasteiger partial charge in [0.2, 0.25) is 5.91 Å². The molecule has 2 rings (SSSR count). The molecular formula is C18H23N3O2. The first-order chi connectivity index (χ1) is 11.1. The Morgan fingerprint density at radius 1 is 1.04 bits per heavy atom. The number of aliphatic hydroxyl groups excluding tert-OH is 1. The molecule has 23 heavy (non-hydrogen) atoms. The standard InChI is InChI=1S/C18H23N3O2/c1-13(22)17(18(19)23)21-12-15-7-9-16(10-8-15)20-11-14-5-3-2-4-6-14/h2-10,13,17,20-22H,11-12H2,1H3,(H2,19,23). The molecule has 2 unspecified atom stereocenters. The van der Waals surface area contributed by atoms with Gasteiger partial charge in [-0.3, -0.25) is 10.1 Å². The zero-order chi connectivity index (χ0) is 16.7. The summed E-state index contributed by atoms with van der Waals surface area (Å²) in [5.74, 6) is -0.554. The summed E-state index contributed by atoms with van der Waals surface area (Å²) >= 11 is 0. The second-order valence-corrected chi connectivity index (χ2v) is 5.54. The van der Waals surface area contributed by atoms with Crippen molar-refractivity contribution in [1.82, 2.24) is 5.32 Å². The molecule has 0 saturated carbocycles. The summed E-state index contributed by atoms with van der Waals surface area (Å²) in [6.07, 6.45) is -0.820. The smallest absolute Gasteiger partial charge is 0.237 e. The number of benzene rings is 2. The van der Waals surface area contributed by atoms with Gasteiger partial charge in [0.25, 0.3) is 0 Å². The summed E-state index contributed by atoms with van der Waals surface area (Å²) in [4.78, 5) is 11.2. The predicted molar refractivity (Wildman–Crippen MR) is 91.7 cm³/mol. The number of hydrogen-bond donors (Lipinski definition) is 4. The third-order valence-corrected chi connectivity index (χ3v) is 3.61. The highest BCUT2D eigenvalue weighted by Gasteiger charge is 2.19. The van der Waals surface area contributed by atoms with Crippen LogP contribution in [0.15, 0.2) is 54.6 Å². The van der Waals surface area contributed by atoms with Gasteiger partial charge in [-0.1, -0.05) is 42.5 Å². The van der Waals surface area contributed by atoms with Gasteiger partial charge in [-0.25, -0.2) is 0 Å². The zero-order valence-corrected chi connectivity index (χ0v) is 13.2. The Hall–Kier alpha value is -2.37. The normalized spacial score (nSPS) is 13.3. The summed E-state index contributed by atoms with van der Waals surface area (Å²) in [6.45, 7) is 2.78. The lowest BCUT2D eigenvalue weighted by atomic mass is 10.1. The fraction of sp³-hybridized carbons (Fsp3) is 0.278. The maximum atomic E-state index is 11.2. The number of anilines is 1. The first-order valence-corrected chi connectivity index (χ1v) is 7.64. The van der Waals surface area contributed by atoms with Crippen molar-refractivity contribution in [3.63, 3.8) is 0 Å². The molecule has 5 nitrogen and oxygen atoms in total. The second kappa shape index (κ2) is 8.31. The highest BCUT2D eigenvalue weighted by Crippen LogP contribution is 2.11. The van der Waals surface area contributed by atoms with E-state index in [0.717, 1.165) is 17.8 Å². The van der Waals surface area contributed by atoms with E-state index >= 15 is 0 Å². The SMILES string of the molecule is CC(O)C(NCc1ccc(NCc2ccccc2)cc1)C(N)=O. The highest BCUT2D eigenvalue weighted by molar-refractivity contribution is 5.80. The monoisotopic (exact) mass is 313 g/mol. The Morgan fingerprint density at radius 3 is 2.22 bits per heavy atom. The van der Waals surface area contributed by atoms with Crippen molar-refractivity contribution in [1.29, 1.82) is 0 Å². The number of nitrogens with one attached hydrogen (secondary N) is 2. The first kappa shape index (κ1) is 17.0. The topological polar surface area (TPSA) is 87.4 Å². The largest absolute Gasteiger partial charge is 0.391 e. The van der Waals surface area contributed by atoms with E-state index < -0.39 is 18.1 Å². The van der Waals surface area contributed by atoms with Gasteiger partial charge < -0.3 is 16.2 Å². The summed E-state index contributed by atoms with van der Waals surface area (Å²) in [6, 6.07) is 17.4. The van der Waals surface area contributed by atoms with Gasteiger partial charge >= 0.3 is 0 Å². The second-order valence-electron chi connectivity index (χ2n) is 5.54. The molecule has 0 fully saturated rings. The van der Waals surface area contributed by atoms with Gasteiger partial charge in [0.15, 0.2) is 0 Å². The predicted octanol–water partition coefficient (Wildman–Crippen LogP) is 1.62. The summed E-state index contributed by atoms with van der Waals surface area (Å²) in [5, 5.41) is 15.8. The van der Waals surface area contributed by atoms with Crippen LogP contribution in [0.2, 0.25) is 0 Å². The van der Waals surface area contributed by atoms with E-state index in [0.29, 0.717) is 6.54 Å². The maximum absolute atomic E-state index is 11.2. The van der Waals surface area contributed by atoms with Crippen molar-refractivity contribution in [2.45, 2.75) is 32.2 Å². The molecule has 122 valence electrons. The number of primary amides is 1. The molecule has 1 amide bonds. The van der Waals surface area contributed by atoms with E-state index in [9.17, 15) is 9.90 Å². The third-order valence-electron chi connectivity index (χ3n) is 3.61. The number of carbonyl (C=O) groups excluding carboxylic acids is 1. The Kier molecular flexibility index (Phi) is 6.14. The minimum Gasteiger partial charge on any atom is -0.391 e. The van der Waals surface area contributed by atoms with E-state index in [1.165, 1.54) is 5.56 Å². The molecule has 0 heterocycles. The van der Waals surface area contributed by atoms with Crippen LogP contribution >= 0.6 is 0 Å². The molecule has 0 radical (unpaired) electrons. The van der Waals surface area contributed by atoms with Crippen LogP contribution in [0.4, 0.5) is 5.69 Å². The molecule has 2 aromatic rings. The van der Waals surface area contributed by atoms with Crippen LogP contribution in [0.3, 0.4) is 0 Å². The van der Waals surface area contributed by atoms with Crippen molar-refractivity contribution < 1.29 is 9.90 Å². The fourth-order valence-corrected chi connectivity index (χ4v) is 2.28. The van der Waals surface area contributed by atoms with Crippen molar-refractivity contribution in [2.75, 3.05) is 5.32 Å². The van der Waals surface area contributed by atoms with E-state index in [1.54, 1.807) is 6.92 Å². The fourth-order valence-electron chi connectivity index (χ4n) is 2.28. The molecule has 0 saturated heterocycles. The van der Waals surface area contributed by atoms with E-state index in [4.69, 9.17) is 5.73 Å². The Balaban J connectivity index is 1.85. The average molecular weight is 313 g/mol. The zero-order valence-electron chi connectivity index (χ0n) is 13.2. The van der Waals surface area contributed by atoms with Gasteiger partial charge in [0.1, 0.15) is 6.04 Å². The molecule has 0 aliphatic heterocycles.